The third kappa shape index (κ3) is 5.31. The lowest BCUT2D eigenvalue weighted by Gasteiger charge is -2.13. The Morgan fingerprint density at radius 2 is 1.76 bits per heavy atom. The molecule has 0 unspecified atom stereocenters. The highest BCUT2D eigenvalue weighted by Crippen LogP contribution is 2.20. The SMILES string of the molecule is C[C@H](OC(=O)c1ccc(S(=O)(=O)C(F)F)cc1)C(=O)Nc1cccc([N+](=O)[O-])c1. The van der Waals surface area contributed by atoms with Gasteiger partial charge >= 0.3 is 11.7 Å². The second-order valence-corrected chi connectivity index (χ2v) is 7.59. The van der Waals surface area contributed by atoms with Gasteiger partial charge in [0.2, 0.25) is 9.84 Å². The maximum atomic E-state index is 12.5. The molecule has 2 aromatic carbocycles. The third-order valence-electron chi connectivity index (χ3n) is 3.63. The monoisotopic (exact) mass is 428 g/mol. The molecule has 12 heteroatoms. The lowest BCUT2D eigenvalue weighted by molar-refractivity contribution is -0.384. The van der Waals surface area contributed by atoms with E-state index in [9.17, 15) is 36.9 Å². The summed E-state index contributed by atoms with van der Waals surface area (Å²) in [5.74, 6) is -5.36. The van der Waals surface area contributed by atoms with Crippen molar-refractivity contribution in [2.75, 3.05) is 5.32 Å². The number of anilines is 1. The number of esters is 1. The van der Waals surface area contributed by atoms with Crippen LogP contribution in [-0.4, -0.2) is 37.1 Å². The predicted octanol–water partition coefficient (Wildman–Crippen LogP) is 2.78. The minimum Gasteiger partial charge on any atom is -0.449 e. The molecule has 0 bridgehead atoms. The first-order valence-electron chi connectivity index (χ1n) is 7.91. The van der Waals surface area contributed by atoms with Gasteiger partial charge in [0.05, 0.1) is 15.4 Å². The van der Waals surface area contributed by atoms with E-state index in [0.29, 0.717) is 0 Å². The number of halogens is 2. The number of hydrogen-bond acceptors (Lipinski definition) is 7. The Bertz CT molecular complexity index is 1040. The fraction of sp³-hybridized carbons (Fsp3) is 0.176. The number of amides is 1. The molecule has 1 amide bonds. The molecule has 0 heterocycles. The lowest BCUT2D eigenvalue weighted by atomic mass is 10.2. The van der Waals surface area contributed by atoms with Crippen LogP contribution in [0.3, 0.4) is 0 Å². The van der Waals surface area contributed by atoms with Crippen molar-refractivity contribution in [1.82, 2.24) is 0 Å². The van der Waals surface area contributed by atoms with Crippen LogP contribution in [0, 0.1) is 10.1 Å². The Kier molecular flexibility index (Phi) is 6.59. The van der Waals surface area contributed by atoms with Crippen molar-refractivity contribution in [3.63, 3.8) is 0 Å². The first-order chi connectivity index (χ1) is 13.5. The highest BCUT2D eigenvalue weighted by atomic mass is 32.2. The minimum atomic E-state index is -4.80. The summed E-state index contributed by atoms with van der Waals surface area (Å²) >= 11 is 0. The van der Waals surface area contributed by atoms with Crippen LogP contribution in [0.25, 0.3) is 0 Å². The number of ether oxygens (including phenoxy) is 1. The number of carbonyl (C=O) groups is 2. The summed E-state index contributed by atoms with van der Waals surface area (Å²) in [6.45, 7) is 1.25. The molecule has 0 spiro atoms. The van der Waals surface area contributed by atoms with E-state index in [4.69, 9.17) is 4.74 Å². The van der Waals surface area contributed by atoms with E-state index in [2.05, 4.69) is 5.32 Å². The lowest BCUT2D eigenvalue weighted by Crippen LogP contribution is -2.30. The van der Waals surface area contributed by atoms with Crippen molar-refractivity contribution < 1.29 is 36.4 Å². The van der Waals surface area contributed by atoms with Crippen molar-refractivity contribution >= 4 is 33.1 Å². The van der Waals surface area contributed by atoms with Crippen LogP contribution in [0.5, 0.6) is 0 Å². The van der Waals surface area contributed by atoms with Crippen LogP contribution in [0.4, 0.5) is 20.2 Å². The second-order valence-electron chi connectivity index (χ2n) is 5.67. The summed E-state index contributed by atoms with van der Waals surface area (Å²) in [6.07, 6.45) is -1.30. The van der Waals surface area contributed by atoms with Gasteiger partial charge in [-0.1, -0.05) is 6.07 Å². The smallest absolute Gasteiger partial charge is 0.341 e. The molecule has 0 saturated carbocycles. The number of hydrogen-bond donors (Lipinski definition) is 1. The number of nitro groups is 1. The maximum Gasteiger partial charge on any atom is 0.341 e. The average molecular weight is 428 g/mol. The summed E-state index contributed by atoms with van der Waals surface area (Å²) < 4.78 is 52.7. The van der Waals surface area contributed by atoms with Crippen molar-refractivity contribution in [3.8, 4) is 0 Å². The summed E-state index contributed by atoms with van der Waals surface area (Å²) in [5, 5.41) is 13.1. The van der Waals surface area contributed by atoms with Crippen LogP contribution in [0.1, 0.15) is 17.3 Å². The van der Waals surface area contributed by atoms with Gasteiger partial charge in [0.15, 0.2) is 6.10 Å². The number of rotatable bonds is 7. The van der Waals surface area contributed by atoms with E-state index >= 15 is 0 Å². The van der Waals surface area contributed by atoms with Gasteiger partial charge in [-0.15, -0.1) is 0 Å². The molecule has 1 N–H and O–H groups in total. The Balaban J connectivity index is 2.04. The largest absolute Gasteiger partial charge is 0.449 e. The first kappa shape index (κ1) is 21.9. The van der Waals surface area contributed by atoms with E-state index in [1.165, 1.54) is 25.1 Å². The number of nitro benzene ring substituents is 1. The van der Waals surface area contributed by atoms with Gasteiger partial charge in [-0.05, 0) is 37.3 Å². The van der Waals surface area contributed by atoms with Gasteiger partial charge in [-0.2, -0.15) is 8.78 Å². The molecule has 0 aliphatic rings. The molecule has 2 rings (SSSR count). The van der Waals surface area contributed by atoms with Crippen LogP contribution in [-0.2, 0) is 19.4 Å². The normalized spacial score (nSPS) is 12.3. The molecule has 154 valence electrons. The number of sulfone groups is 1. The number of nitrogens with one attached hydrogen (secondary N) is 1. The molecule has 0 saturated heterocycles. The molecule has 0 aliphatic heterocycles. The van der Waals surface area contributed by atoms with E-state index in [0.717, 1.165) is 30.3 Å². The third-order valence-corrected chi connectivity index (χ3v) is 5.03. The number of alkyl halides is 2. The number of non-ortho nitro benzene ring substituents is 1. The van der Waals surface area contributed by atoms with E-state index in [1.807, 2.05) is 0 Å². The Morgan fingerprint density at radius 3 is 2.31 bits per heavy atom. The summed E-state index contributed by atoms with van der Waals surface area (Å²) in [6, 6.07) is 8.72. The highest BCUT2D eigenvalue weighted by molar-refractivity contribution is 7.91. The van der Waals surface area contributed by atoms with Crippen LogP contribution < -0.4 is 5.32 Å². The standard InChI is InChI=1S/C17H14F2N2O7S/c1-10(15(22)20-12-3-2-4-13(9-12)21(24)25)28-16(23)11-5-7-14(8-6-11)29(26,27)17(18)19/h2-10,17H,1H3,(H,20,22)/t10-/m0/s1. The second kappa shape index (κ2) is 8.73. The molecule has 9 nitrogen and oxygen atoms in total. The zero-order chi connectivity index (χ0) is 21.8. The van der Waals surface area contributed by atoms with E-state index in [1.54, 1.807) is 0 Å². The zero-order valence-corrected chi connectivity index (χ0v) is 15.6. The predicted molar refractivity (Wildman–Crippen MR) is 96.2 cm³/mol. The quantitative estimate of drug-likeness (QED) is 0.407. The fourth-order valence-electron chi connectivity index (χ4n) is 2.11. The van der Waals surface area contributed by atoms with Crippen molar-refractivity contribution in [2.24, 2.45) is 0 Å². The van der Waals surface area contributed by atoms with Crippen LogP contribution >= 0.6 is 0 Å². The summed E-state index contributed by atoms with van der Waals surface area (Å²) in [4.78, 5) is 33.6. The number of carbonyl (C=O) groups excluding carboxylic acids is 2. The van der Waals surface area contributed by atoms with E-state index in [-0.39, 0.29) is 16.9 Å². The van der Waals surface area contributed by atoms with E-state index < -0.39 is 43.4 Å². The molecular weight excluding hydrogens is 414 g/mol. The minimum absolute atomic E-state index is 0.119. The number of nitrogens with zero attached hydrogens (tertiary/aromatic N) is 1. The Morgan fingerprint density at radius 1 is 1.14 bits per heavy atom. The van der Waals surface area contributed by atoms with Gasteiger partial charge in [-0.3, -0.25) is 14.9 Å². The van der Waals surface area contributed by atoms with Crippen molar-refractivity contribution in [3.05, 3.63) is 64.2 Å². The molecule has 2 aromatic rings. The molecule has 0 fully saturated rings. The molecule has 0 aliphatic carbocycles. The van der Waals surface area contributed by atoms with Gasteiger partial charge in [0.25, 0.3) is 11.6 Å². The van der Waals surface area contributed by atoms with Crippen molar-refractivity contribution in [1.29, 1.82) is 0 Å². The fourth-order valence-corrected chi connectivity index (χ4v) is 2.83. The van der Waals surface area contributed by atoms with Crippen LogP contribution in [0.2, 0.25) is 0 Å². The number of benzene rings is 2. The molecule has 29 heavy (non-hydrogen) atoms. The van der Waals surface area contributed by atoms with Gasteiger partial charge in [-0.25, -0.2) is 13.2 Å². The first-order valence-corrected chi connectivity index (χ1v) is 9.45. The molecule has 1 atom stereocenters. The topological polar surface area (TPSA) is 133 Å². The Labute approximate surface area is 163 Å². The maximum absolute atomic E-state index is 12.5. The summed E-state index contributed by atoms with van der Waals surface area (Å²) in [5.41, 5.74) is -0.284. The van der Waals surface area contributed by atoms with Gasteiger partial charge < -0.3 is 10.1 Å². The van der Waals surface area contributed by atoms with Crippen molar-refractivity contribution in [2.45, 2.75) is 23.7 Å². The Hall–Kier alpha value is -3.41. The summed E-state index contributed by atoms with van der Waals surface area (Å²) in [7, 11) is -4.80. The van der Waals surface area contributed by atoms with Gasteiger partial charge in [0, 0.05) is 17.8 Å². The van der Waals surface area contributed by atoms with Gasteiger partial charge in [0.1, 0.15) is 0 Å². The molecule has 0 aromatic heterocycles. The average Bonchev–Trinajstić information content (AvgIpc) is 2.67. The van der Waals surface area contributed by atoms with Crippen LogP contribution in [0.15, 0.2) is 53.4 Å². The molecule has 0 radical (unpaired) electrons. The zero-order valence-electron chi connectivity index (χ0n) is 14.7. The molecular formula is C17H14F2N2O7S. The highest BCUT2D eigenvalue weighted by Gasteiger charge is 2.27.